The van der Waals surface area contributed by atoms with Crippen molar-refractivity contribution in [2.45, 2.75) is 140 Å². The zero-order valence-electron chi connectivity index (χ0n) is 40.3. The average Bonchev–Trinajstić information content (AvgIpc) is 3.30. The van der Waals surface area contributed by atoms with E-state index >= 15 is 0 Å². The van der Waals surface area contributed by atoms with Gasteiger partial charge in [0, 0.05) is 12.8 Å². The summed E-state index contributed by atoms with van der Waals surface area (Å²) >= 11 is 1.50. The third-order valence-electron chi connectivity index (χ3n) is 11.0. The molecule has 0 bridgehead atoms. The number of phenols is 2. The van der Waals surface area contributed by atoms with Crippen LogP contribution in [0.1, 0.15) is 90.2 Å². The molecule has 2 aromatic rings. The molecule has 0 heterocycles. The number of hydrogen-bond donors (Lipinski definition) is 13. The summed E-state index contributed by atoms with van der Waals surface area (Å²) in [7, 11) is 0. The molecule has 0 aliphatic carbocycles. The van der Waals surface area contributed by atoms with Crippen molar-refractivity contribution in [2.24, 2.45) is 23.1 Å². The first-order valence-electron chi connectivity index (χ1n) is 23.2. The predicted molar refractivity (Wildman–Crippen MR) is 262 cm³/mol. The van der Waals surface area contributed by atoms with Gasteiger partial charge in [-0.1, -0.05) is 38.1 Å². The van der Waals surface area contributed by atoms with Gasteiger partial charge in [-0.05, 0) is 132 Å². The van der Waals surface area contributed by atoms with E-state index in [4.69, 9.17) is 17.2 Å². The molecule has 0 spiro atoms. The van der Waals surface area contributed by atoms with Crippen LogP contribution in [0.5, 0.6) is 11.5 Å². The third-order valence-corrected chi connectivity index (χ3v) is 11.6. The summed E-state index contributed by atoms with van der Waals surface area (Å²) in [6, 6.07) is 2.30. The second kappa shape index (κ2) is 31.2. The van der Waals surface area contributed by atoms with Gasteiger partial charge in [-0.25, -0.2) is 4.79 Å². The number of carbonyl (C=O) groups is 8. The lowest BCUT2D eigenvalue weighted by Crippen LogP contribution is -2.60. The molecule has 0 radical (unpaired) electrons. The van der Waals surface area contributed by atoms with E-state index in [-0.39, 0.29) is 56.1 Å². The van der Waals surface area contributed by atoms with E-state index in [1.807, 2.05) is 6.26 Å². The molecule has 16 N–H and O–H groups in total. The molecular weight excluding hydrogens is 913 g/mol. The van der Waals surface area contributed by atoms with Crippen molar-refractivity contribution in [3.63, 3.8) is 0 Å². The number of carboxylic acid groups (broad SMARTS) is 1. The minimum atomic E-state index is -1.36. The van der Waals surface area contributed by atoms with Gasteiger partial charge in [0.2, 0.25) is 41.4 Å². The first kappa shape index (κ1) is 59.2. The molecule has 8 atom stereocenters. The molecule has 0 unspecified atom stereocenters. The lowest BCUT2D eigenvalue weighted by Gasteiger charge is -2.27. The van der Waals surface area contributed by atoms with Gasteiger partial charge in [0.25, 0.3) is 0 Å². The fourth-order valence-corrected chi connectivity index (χ4v) is 7.41. The molecular formula is C47H74N10O11S. The van der Waals surface area contributed by atoms with E-state index in [1.54, 1.807) is 26.0 Å². The van der Waals surface area contributed by atoms with Crippen molar-refractivity contribution in [1.82, 2.24) is 37.2 Å². The van der Waals surface area contributed by atoms with Gasteiger partial charge in [0.05, 0.1) is 6.04 Å². The number of carboxylic acids is 1. The highest BCUT2D eigenvalue weighted by Gasteiger charge is 2.33. The molecule has 22 heteroatoms. The number of rotatable bonds is 32. The highest BCUT2D eigenvalue weighted by atomic mass is 32.2. The highest BCUT2D eigenvalue weighted by Crippen LogP contribution is 2.15. The first-order valence-corrected chi connectivity index (χ1v) is 24.6. The van der Waals surface area contributed by atoms with Gasteiger partial charge in [0.15, 0.2) is 0 Å². The number of carbonyl (C=O) groups excluding carboxylic acids is 7. The number of thioether (sulfide) groups is 1. The Labute approximate surface area is 408 Å². The van der Waals surface area contributed by atoms with Gasteiger partial charge >= 0.3 is 5.97 Å². The van der Waals surface area contributed by atoms with Crippen LogP contribution < -0.4 is 54.4 Å². The summed E-state index contributed by atoms with van der Waals surface area (Å²) in [6.45, 7) is 6.97. The van der Waals surface area contributed by atoms with Crippen molar-refractivity contribution in [3.8, 4) is 11.5 Å². The van der Waals surface area contributed by atoms with Gasteiger partial charge in [-0.3, -0.25) is 33.6 Å². The second-order valence-electron chi connectivity index (χ2n) is 17.4. The van der Waals surface area contributed by atoms with Gasteiger partial charge in [-0.2, -0.15) is 11.8 Å². The third kappa shape index (κ3) is 22.3. The largest absolute Gasteiger partial charge is 0.508 e. The quantitative estimate of drug-likeness (QED) is 0.0422. The predicted octanol–water partition coefficient (Wildman–Crippen LogP) is -0.214. The standard InChI is InChI=1S/C47H74N10O11S/c1-27(2)24-39(47(67)68)57-44(64)36(11-7-9-22-49)54-41(61)29(4)52-46(66)38(26-31-14-18-33(59)19-15-31)56-43(63)35(10-6-8-21-48)53-40(60)28(3)51-45(65)37(25-30-12-16-32(58)17-13-30)55-42(62)34(50)20-23-69-5/h12-19,27-29,34-39,58-59H,6-11,20-26,48-50H2,1-5H3,(H,51,65)(H,52,66)(H,53,60)(H,54,61)(H,55,62)(H,56,63)(H,57,64)(H,67,68)/t28-,29-,34-,35-,36-,37-,38-,39-/m0/s1. The van der Waals surface area contributed by atoms with Crippen molar-refractivity contribution in [3.05, 3.63) is 59.7 Å². The number of benzene rings is 2. The number of aromatic hydroxyl groups is 2. The Kier molecular flexibility index (Phi) is 26.8. The molecule has 0 aliphatic heterocycles. The molecule has 384 valence electrons. The maximum Gasteiger partial charge on any atom is 0.326 e. The van der Waals surface area contributed by atoms with Gasteiger partial charge in [-0.15, -0.1) is 0 Å². The van der Waals surface area contributed by atoms with Crippen LogP contribution in [0.2, 0.25) is 0 Å². The number of aliphatic carboxylic acids is 1. The highest BCUT2D eigenvalue weighted by molar-refractivity contribution is 7.98. The van der Waals surface area contributed by atoms with Gasteiger partial charge in [0.1, 0.15) is 53.8 Å². The molecule has 21 nitrogen and oxygen atoms in total. The van der Waals surface area contributed by atoms with Crippen LogP contribution >= 0.6 is 11.8 Å². The first-order chi connectivity index (χ1) is 32.7. The maximum atomic E-state index is 14.1. The minimum Gasteiger partial charge on any atom is -0.508 e. The Bertz CT molecular complexity index is 1980. The number of amides is 7. The van der Waals surface area contributed by atoms with Gasteiger partial charge < -0.3 is 69.7 Å². The van der Waals surface area contributed by atoms with Crippen LogP contribution in [0, 0.1) is 5.92 Å². The summed E-state index contributed by atoms with van der Waals surface area (Å²) in [5.74, 6) is -5.87. The Balaban J connectivity index is 2.33. The van der Waals surface area contributed by atoms with Crippen LogP contribution in [-0.4, -0.2) is 136 Å². The average molecular weight is 987 g/mol. The molecule has 0 aliphatic rings. The normalized spacial score (nSPS) is 14.6. The summed E-state index contributed by atoms with van der Waals surface area (Å²) in [4.78, 5) is 107. The Morgan fingerprint density at radius 1 is 0.507 bits per heavy atom. The van der Waals surface area contributed by atoms with E-state index in [0.29, 0.717) is 55.5 Å². The molecule has 0 saturated carbocycles. The zero-order chi connectivity index (χ0) is 51.6. The molecule has 69 heavy (non-hydrogen) atoms. The molecule has 7 amide bonds. The van der Waals surface area contributed by atoms with E-state index in [1.165, 1.54) is 62.0 Å². The van der Waals surface area contributed by atoms with Crippen molar-refractivity contribution < 1.29 is 53.7 Å². The van der Waals surface area contributed by atoms with Crippen LogP contribution in [0.15, 0.2) is 48.5 Å². The smallest absolute Gasteiger partial charge is 0.326 e. The van der Waals surface area contributed by atoms with Crippen LogP contribution in [0.25, 0.3) is 0 Å². The Morgan fingerprint density at radius 2 is 0.870 bits per heavy atom. The second-order valence-corrected chi connectivity index (χ2v) is 18.4. The summed E-state index contributed by atoms with van der Waals surface area (Å²) in [5, 5.41) is 47.7. The minimum absolute atomic E-state index is 0.000574. The van der Waals surface area contributed by atoms with Crippen molar-refractivity contribution in [1.29, 1.82) is 0 Å². The fraction of sp³-hybridized carbons (Fsp3) is 0.574. The number of nitrogens with two attached hydrogens (primary N) is 3. The summed E-state index contributed by atoms with van der Waals surface area (Å²) in [5.41, 5.74) is 18.6. The number of unbranched alkanes of at least 4 members (excludes halogenated alkanes) is 2. The maximum absolute atomic E-state index is 14.1. The molecule has 0 fully saturated rings. The van der Waals surface area contributed by atoms with Crippen molar-refractivity contribution >= 4 is 59.1 Å². The van der Waals surface area contributed by atoms with Crippen LogP contribution in [0.4, 0.5) is 0 Å². The SMILES string of the molecule is CSCC[C@H](N)C(=O)N[C@@H](Cc1ccc(O)cc1)C(=O)N[C@@H](C)C(=O)N[C@@H](CCCCN)C(=O)N[C@@H](Cc1ccc(O)cc1)C(=O)N[C@@H](C)C(=O)N[C@@H](CCCCN)C(=O)N[C@@H](CC(C)C)C(=O)O. The Hall–Kier alpha value is -5.97. The number of phenolic OH excluding ortho intramolecular Hbond substituents is 2. The topological polar surface area (TPSA) is 360 Å². The van der Waals surface area contributed by atoms with Crippen molar-refractivity contribution in [2.75, 3.05) is 25.1 Å². The lowest BCUT2D eigenvalue weighted by atomic mass is 10.0. The fourth-order valence-electron chi connectivity index (χ4n) is 6.92. The van der Waals surface area contributed by atoms with E-state index in [2.05, 4.69) is 37.2 Å². The Morgan fingerprint density at radius 3 is 1.23 bits per heavy atom. The van der Waals surface area contributed by atoms with E-state index in [9.17, 15) is 53.7 Å². The monoisotopic (exact) mass is 987 g/mol. The van der Waals surface area contributed by atoms with E-state index in [0.717, 1.165) is 0 Å². The molecule has 2 aromatic carbocycles. The zero-order valence-corrected chi connectivity index (χ0v) is 41.1. The number of hydrogen-bond acceptors (Lipinski definition) is 14. The summed E-state index contributed by atoms with van der Waals surface area (Å²) < 4.78 is 0. The molecule has 2 rings (SSSR count). The number of nitrogens with one attached hydrogen (secondary N) is 7. The van der Waals surface area contributed by atoms with Crippen LogP contribution in [0.3, 0.4) is 0 Å². The molecule has 0 saturated heterocycles. The van der Waals surface area contributed by atoms with E-state index < -0.39 is 95.7 Å². The lowest BCUT2D eigenvalue weighted by molar-refractivity contribution is -0.143. The molecule has 0 aromatic heterocycles. The summed E-state index contributed by atoms with van der Waals surface area (Å²) in [6.07, 6.45) is 4.25. The van der Waals surface area contributed by atoms with Crippen LogP contribution in [-0.2, 0) is 51.2 Å².